The van der Waals surface area contributed by atoms with Crippen molar-refractivity contribution in [2.75, 3.05) is 0 Å². The van der Waals surface area contributed by atoms with Crippen LogP contribution in [-0.4, -0.2) is 0 Å². The SMILES string of the molecule is CC1=C(CCC2=Cc3ccccc3C2)C2=Cc3ccccc3CC2=C1. The van der Waals surface area contributed by atoms with E-state index in [4.69, 9.17) is 0 Å². The summed E-state index contributed by atoms with van der Waals surface area (Å²) in [5.41, 5.74) is 13.4. The van der Waals surface area contributed by atoms with Crippen molar-refractivity contribution >= 4 is 12.2 Å². The van der Waals surface area contributed by atoms with Crippen LogP contribution in [0.1, 0.15) is 42.0 Å². The highest BCUT2D eigenvalue weighted by Crippen LogP contribution is 2.41. The van der Waals surface area contributed by atoms with Crippen molar-refractivity contribution in [3.8, 4) is 0 Å². The predicted octanol–water partition coefficient (Wildman–Crippen LogP) is 6.30. The minimum absolute atomic E-state index is 1.08. The molecule has 0 radical (unpaired) electrons. The van der Waals surface area contributed by atoms with Crippen LogP contribution in [0.3, 0.4) is 0 Å². The molecule has 2 aromatic carbocycles. The second-order valence-electron chi connectivity index (χ2n) is 7.44. The van der Waals surface area contributed by atoms with Gasteiger partial charge in [-0.05, 0) is 83.2 Å². The lowest BCUT2D eigenvalue weighted by atomic mass is 9.86. The summed E-state index contributed by atoms with van der Waals surface area (Å²) in [7, 11) is 0. The maximum atomic E-state index is 2.41. The van der Waals surface area contributed by atoms with Crippen LogP contribution in [0.15, 0.2) is 82.5 Å². The second-order valence-corrected chi connectivity index (χ2v) is 7.44. The Hall–Kier alpha value is -2.60. The smallest absolute Gasteiger partial charge is 0.00137 e. The fraction of sp³-hybridized carbons (Fsp3) is 0.200. The van der Waals surface area contributed by atoms with Crippen LogP contribution in [-0.2, 0) is 12.8 Å². The molecule has 25 heavy (non-hydrogen) atoms. The first kappa shape index (κ1) is 14.7. The first-order chi connectivity index (χ1) is 12.3. The molecule has 0 spiro atoms. The van der Waals surface area contributed by atoms with Crippen LogP contribution in [0, 0.1) is 0 Å². The summed E-state index contributed by atoms with van der Waals surface area (Å²) < 4.78 is 0. The summed E-state index contributed by atoms with van der Waals surface area (Å²) in [5, 5.41) is 0. The van der Waals surface area contributed by atoms with Crippen LogP contribution in [0.2, 0.25) is 0 Å². The Balaban J connectivity index is 1.37. The van der Waals surface area contributed by atoms with Gasteiger partial charge in [0, 0.05) is 0 Å². The van der Waals surface area contributed by atoms with Crippen molar-refractivity contribution in [1.29, 1.82) is 0 Å². The summed E-state index contributed by atoms with van der Waals surface area (Å²) in [6.07, 6.45) is 11.8. The molecule has 3 aliphatic carbocycles. The molecular weight excluding hydrogens is 300 g/mol. The van der Waals surface area contributed by atoms with Gasteiger partial charge in [0.2, 0.25) is 0 Å². The number of rotatable bonds is 3. The molecule has 0 atom stereocenters. The summed E-state index contributed by atoms with van der Waals surface area (Å²) in [5.74, 6) is 0. The van der Waals surface area contributed by atoms with E-state index in [1.54, 1.807) is 11.1 Å². The van der Waals surface area contributed by atoms with Gasteiger partial charge in [-0.15, -0.1) is 0 Å². The molecule has 0 aromatic heterocycles. The van der Waals surface area contributed by atoms with Gasteiger partial charge in [-0.3, -0.25) is 0 Å². The van der Waals surface area contributed by atoms with E-state index in [0.29, 0.717) is 0 Å². The van der Waals surface area contributed by atoms with Gasteiger partial charge in [0.1, 0.15) is 0 Å². The average Bonchev–Trinajstić information content (AvgIpc) is 3.17. The summed E-state index contributed by atoms with van der Waals surface area (Å²) >= 11 is 0. The van der Waals surface area contributed by atoms with Crippen molar-refractivity contribution in [3.05, 3.63) is 105 Å². The molecule has 0 saturated carbocycles. The van der Waals surface area contributed by atoms with Gasteiger partial charge in [-0.1, -0.05) is 66.3 Å². The molecule has 0 heteroatoms. The highest BCUT2D eigenvalue weighted by Gasteiger charge is 2.24. The van der Waals surface area contributed by atoms with Gasteiger partial charge in [0.25, 0.3) is 0 Å². The largest absolute Gasteiger partial charge is 0.0649 e. The number of allylic oxidation sites excluding steroid dienone is 6. The molecule has 0 N–H and O–H groups in total. The minimum Gasteiger partial charge on any atom is -0.0649 e. The summed E-state index contributed by atoms with van der Waals surface area (Å²) in [6.45, 7) is 2.28. The van der Waals surface area contributed by atoms with Crippen molar-refractivity contribution in [2.24, 2.45) is 0 Å². The van der Waals surface area contributed by atoms with Crippen LogP contribution >= 0.6 is 0 Å². The second kappa shape index (κ2) is 5.74. The standard InChI is InChI=1S/C25H22/c1-17-12-23-15-21-8-4-5-9-22(21)16-25(23)24(17)11-10-18-13-19-6-2-3-7-20(19)14-18/h2-9,12-13,16H,10-11,14-15H2,1H3. The third-order valence-corrected chi connectivity index (χ3v) is 5.80. The topological polar surface area (TPSA) is 0 Å². The van der Waals surface area contributed by atoms with E-state index in [1.165, 1.54) is 45.4 Å². The maximum Gasteiger partial charge on any atom is -0.00137 e. The lowest BCUT2D eigenvalue weighted by Crippen LogP contribution is -2.02. The third-order valence-electron chi connectivity index (χ3n) is 5.80. The zero-order valence-electron chi connectivity index (χ0n) is 14.7. The van der Waals surface area contributed by atoms with E-state index in [-0.39, 0.29) is 0 Å². The highest BCUT2D eigenvalue weighted by atomic mass is 14.3. The molecule has 0 unspecified atom stereocenters. The Morgan fingerprint density at radius 1 is 0.720 bits per heavy atom. The Kier molecular flexibility index (Phi) is 3.38. The molecule has 0 heterocycles. The Bertz CT molecular complexity index is 992. The van der Waals surface area contributed by atoms with Gasteiger partial charge in [0.15, 0.2) is 0 Å². The van der Waals surface area contributed by atoms with Crippen LogP contribution in [0.4, 0.5) is 0 Å². The molecule has 0 aliphatic heterocycles. The summed E-state index contributed by atoms with van der Waals surface area (Å²) in [4.78, 5) is 0. The maximum absolute atomic E-state index is 2.41. The fourth-order valence-electron chi connectivity index (χ4n) is 4.48. The van der Waals surface area contributed by atoms with Gasteiger partial charge in [-0.25, -0.2) is 0 Å². The lowest BCUT2D eigenvalue weighted by molar-refractivity contribution is 0.907. The van der Waals surface area contributed by atoms with E-state index in [9.17, 15) is 0 Å². The third kappa shape index (κ3) is 2.53. The molecule has 0 saturated heterocycles. The normalized spacial score (nSPS) is 17.6. The molecule has 0 nitrogen and oxygen atoms in total. The Morgan fingerprint density at radius 3 is 2.16 bits per heavy atom. The highest BCUT2D eigenvalue weighted by molar-refractivity contribution is 5.76. The lowest BCUT2D eigenvalue weighted by Gasteiger charge is -2.19. The van der Waals surface area contributed by atoms with E-state index in [1.807, 2.05) is 0 Å². The number of hydrogen-bond acceptors (Lipinski definition) is 0. The van der Waals surface area contributed by atoms with Gasteiger partial charge >= 0.3 is 0 Å². The molecule has 0 bridgehead atoms. The van der Waals surface area contributed by atoms with Gasteiger partial charge in [0.05, 0.1) is 0 Å². The van der Waals surface area contributed by atoms with Crippen molar-refractivity contribution in [1.82, 2.24) is 0 Å². The van der Waals surface area contributed by atoms with E-state index >= 15 is 0 Å². The molecule has 122 valence electrons. The van der Waals surface area contributed by atoms with Gasteiger partial charge < -0.3 is 0 Å². The zero-order valence-corrected chi connectivity index (χ0v) is 14.7. The monoisotopic (exact) mass is 322 g/mol. The molecule has 0 fully saturated rings. The predicted molar refractivity (Wildman–Crippen MR) is 106 cm³/mol. The number of hydrogen-bond donors (Lipinski definition) is 0. The average molecular weight is 322 g/mol. The van der Waals surface area contributed by atoms with E-state index in [0.717, 1.165) is 19.3 Å². The number of fused-ring (bicyclic) bond motifs is 3. The van der Waals surface area contributed by atoms with Gasteiger partial charge in [-0.2, -0.15) is 0 Å². The quantitative estimate of drug-likeness (QED) is 0.622. The Labute approximate surface area is 149 Å². The number of benzene rings is 2. The summed E-state index contributed by atoms with van der Waals surface area (Å²) in [6, 6.07) is 17.6. The minimum atomic E-state index is 1.08. The van der Waals surface area contributed by atoms with Crippen LogP contribution in [0.25, 0.3) is 12.2 Å². The van der Waals surface area contributed by atoms with Crippen molar-refractivity contribution in [3.63, 3.8) is 0 Å². The molecular formula is C25H22. The Morgan fingerprint density at radius 2 is 1.40 bits per heavy atom. The molecule has 3 aliphatic rings. The zero-order chi connectivity index (χ0) is 16.8. The van der Waals surface area contributed by atoms with E-state index < -0.39 is 0 Å². The van der Waals surface area contributed by atoms with Crippen LogP contribution < -0.4 is 0 Å². The fourth-order valence-corrected chi connectivity index (χ4v) is 4.48. The van der Waals surface area contributed by atoms with Crippen molar-refractivity contribution in [2.45, 2.75) is 32.6 Å². The molecule has 2 aromatic rings. The van der Waals surface area contributed by atoms with Crippen LogP contribution in [0.5, 0.6) is 0 Å². The first-order valence-corrected chi connectivity index (χ1v) is 9.26. The van der Waals surface area contributed by atoms with Crippen molar-refractivity contribution < 1.29 is 0 Å². The van der Waals surface area contributed by atoms with E-state index in [2.05, 4.69) is 73.7 Å². The molecule has 5 rings (SSSR count). The first-order valence-electron chi connectivity index (χ1n) is 9.26. The molecule has 0 amide bonds.